The zero-order valence-electron chi connectivity index (χ0n) is 11.5. The Labute approximate surface area is 122 Å². The highest BCUT2D eigenvalue weighted by Gasteiger charge is 2.15. The molecular weight excluding hydrogens is 258 g/mol. The van der Waals surface area contributed by atoms with Crippen LogP contribution in [0.15, 0.2) is 66.7 Å². The molecule has 4 N–H and O–H groups in total. The Balaban J connectivity index is 2.30. The van der Waals surface area contributed by atoms with Crippen molar-refractivity contribution in [3.8, 4) is 5.69 Å². The lowest BCUT2D eigenvalue weighted by molar-refractivity contribution is 1.18. The fourth-order valence-corrected chi connectivity index (χ4v) is 3.02. The fourth-order valence-electron chi connectivity index (χ4n) is 3.02. The molecule has 0 amide bonds. The third-order valence-corrected chi connectivity index (χ3v) is 3.89. The Kier molecular flexibility index (Phi) is 2.42. The molecular formula is C18H15N3. The van der Waals surface area contributed by atoms with E-state index in [1.165, 1.54) is 0 Å². The van der Waals surface area contributed by atoms with Crippen LogP contribution in [-0.4, -0.2) is 4.57 Å². The first-order valence-corrected chi connectivity index (χ1v) is 6.90. The standard InChI is InChI=1S/C18H15N3/c19-14-9-5-11-16-17(14)13-8-4-10-15(20)18(13)21(16)12-6-2-1-3-7-12/h1-11H,19-20H2. The van der Waals surface area contributed by atoms with Gasteiger partial charge in [-0.05, 0) is 30.3 Å². The predicted molar refractivity (Wildman–Crippen MR) is 89.6 cm³/mol. The molecule has 0 bridgehead atoms. The Hall–Kier alpha value is -2.94. The van der Waals surface area contributed by atoms with Crippen molar-refractivity contribution >= 4 is 33.2 Å². The number of benzene rings is 3. The Bertz CT molecular complexity index is 952. The number of para-hydroxylation sites is 2. The van der Waals surface area contributed by atoms with Crippen LogP contribution in [0.4, 0.5) is 11.4 Å². The molecule has 0 aliphatic rings. The topological polar surface area (TPSA) is 57.0 Å². The van der Waals surface area contributed by atoms with E-state index in [0.717, 1.165) is 38.9 Å². The van der Waals surface area contributed by atoms with Gasteiger partial charge in [0.25, 0.3) is 0 Å². The summed E-state index contributed by atoms with van der Waals surface area (Å²) >= 11 is 0. The molecule has 4 rings (SSSR count). The second-order valence-electron chi connectivity index (χ2n) is 5.16. The molecule has 0 radical (unpaired) electrons. The lowest BCUT2D eigenvalue weighted by Gasteiger charge is -2.08. The van der Waals surface area contributed by atoms with E-state index < -0.39 is 0 Å². The summed E-state index contributed by atoms with van der Waals surface area (Å²) < 4.78 is 2.18. The van der Waals surface area contributed by atoms with Gasteiger partial charge in [-0.3, -0.25) is 0 Å². The minimum Gasteiger partial charge on any atom is -0.398 e. The second kappa shape index (κ2) is 4.28. The first-order valence-electron chi connectivity index (χ1n) is 6.90. The summed E-state index contributed by atoms with van der Waals surface area (Å²) in [5.74, 6) is 0. The largest absolute Gasteiger partial charge is 0.398 e. The third-order valence-electron chi connectivity index (χ3n) is 3.89. The van der Waals surface area contributed by atoms with Crippen LogP contribution in [0.2, 0.25) is 0 Å². The average Bonchev–Trinajstić information content (AvgIpc) is 2.85. The van der Waals surface area contributed by atoms with Crippen LogP contribution in [0.1, 0.15) is 0 Å². The zero-order valence-corrected chi connectivity index (χ0v) is 11.5. The van der Waals surface area contributed by atoms with Gasteiger partial charge in [-0.25, -0.2) is 0 Å². The van der Waals surface area contributed by atoms with Crippen molar-refractivity contribution in [2.75, 3.05) is 11.5 Å². The summed E-state index contributed by atoms with van der Waals surface area (Å²) in [7, 11) is 0. The number of nitrogen functional groups attached to an aromatic ring is 2. The van der Waals surface area contributed by atoms with Crippen molar-refractivity contribution in [1.29, 1.82) is 0 Å². The first kappa shape index (κ1) is 11.9. The van der Waals surface area contributed by atoms with E-state index >= 15 is 0 Å². The van der Waals surface area contributed by atoms with Gasteiger partial charge in [-0.2, -0.15) is 0 Å². The van der Waals surface area contributed by atoms with E-state index in [0.29, 0.717) is 0 Å². The number of nitrogens with two attached hydrogens (primary N) is 2. The molecule has 4 aromatic rings. The zero-order chi connectivity index (χ0) is 14.4. The van der Waals surface area contributed by atoms with Crippen molar-refractivity contribution in [2.45, 2.75) is 0 Å². The van der Waals surface area contributed by atoms with Gasteiger partial charge in [0.1, 0.15) is 0 Å². The van der Waals surface area contributed by atoms with Crippen molar-refractivity contribution in [2.24, 2.45) is 0 Å². The molecule has 3 heteroatoms. The van der Waals surface area contributed by atoms with Gasteiger partial charge in [0, 0.05) is 22.1 Å². The van der Waals surface area contributed by atoms with Crippen molar-refractivity contribution < 1.29 is 0 Å². The van der Waals surface area contributed by atoms with Crippen molar-refractivity contribution in [3.05, 3.63) is 66.7 Å². The number of nitrogens with zero attached hydrogens (tertiary/aromatic N) is 1. The fraction of sp³-hybridized carbons (Fsp3) is 0. The predicted octanol–water partition coefficient (Wildman–Crippen LogP) is 3.95. The summed E-state index contributed by atoms with van der Waals surface area (Å²) in [4.78, 5) is 0. The smallest absolute Gasteiger partial charge is 0.0771 e. The van der Waals surface area contributed by atoms with E-state index in [9.17, 15) is 0 Å². The number of hydrogen-bond donors (Lipinski definition) is 2. The van der Waals surface area contributed by atoms with E-state index in [1.54, 1.807) is 0 Å². The molecule has 0 saturated heterocycles. The molecule has 0 unspecified atom stereocenters. The molecule has 21 heavy (non-hydrogen) atoms. The SMILES string of the molecule is Nc1cccc2c1c1cccc(N)c1n2-c1ccccc1. The normalized spacial score (nSPS) is 11.2. The summed E-state index contributed by atoms with van der Waals surface area (Å²) in [6, 6.07) is 22.2. The van der Waals surface area contributed by atoms with Crippen LogP contribution in [0.5, 0.6) is 0 Å². The number of hydrogen-bond acceptors (Lipinski definition) is 2. The van der Waals surface area contributed by atoms with Gasteiger partial charge in [-0.15, -0.1) is 0 Å². The molecule has 0 saturated carbocycles. The summed E-state index contributed by atoms with van der Waals surface area (Å²) in [5, 5.41) is 2.15. The van der Waals surface area contributed by atoms with Gasteiger partial charge in [-0.1, -0.05) is 36.4 Å². The van der Waals surface area contributed by atoms with E-state index in [1.807, 2.05) is 42.5 Å². The van der Waals surface area contributed by atoms with Crippen molar-refractivity contribution in [1.82, 2.24) is 4.57 Å². The van der Waals surface area contributed by atoms with Crippen LogP contribution in [0.3, 0.4) is 0 Å². The molecule has 0 fully saturated rings. The summed E-state index contributed by atoms with van der Waals surface area (Å²) in [6.45, 7) is 0. The molecule has 3 aromatic carbocycles. The number of fused-ring (bicyclic) bond motifs is 3. The molecule has 0 spiro atoms. The first-order chi connectivity index (χ1) is 10.3. The minimum atomic E-state index is 0.756. The molecule has 3 nitrogen and oxygen atoms in total. The van der Waals surface area contributed by atoms with Crippen molar-refractivity contribution in [3.63, 3.8) is 0 Å². The molecule has 102 valence electrons. The lowest BCUT2D eigenvalue weighted by atomic mass is 10.1. The lowest BCUT2D eigenvalue weighted by Crippen LogP contribution is -1.96. The Morgan fingerprint density at radius 3 is 2.19 bits per heavy atom. The van der Waals surface area contributed by atoms with Gasteiger partial charge in [0.2, 0.25) is 0 Å². The third kappa shape index (κ3) is 1.61. The van der Waals surface area contributed by atoms with Crippen LogP contribution in [0, 0.1) is 0 Å². The molecule has 0 aliphatic heterocycles. The van der Waals surface area contributed by atoms with E-state index in [4.69, 9.17) is 11.5 Å². The van der Waals surface area contributed by atoms with Crippen LogP contribution in [0.25, 0.3) is 27.5 Å². The van der Waals surface area contributed by atoms with E-state index in [2.05, 4.69) is 28.8 Å². The van der Waals surface area contributed by atoms with Crippen LogP contribution in [-0.2, 0) is 0 Å². The summed E-state index contributed by atoms with van der Waals surface area (Å²) in [6.07, 6.45) is 0. The van der Waals surface area contributed by atoms with Gasteiger partial charge < -0.3 is 16.0 Å². The Morgan fingerprint density at radius 1 is 0.667 bits per heavy atom. The highest BCUT2D eigenvalue weighted by Crippen LogP contribution is 2.37. The monoisotopic (exact) mass is 273 g/mol. The Morgan fingerprint density at radius 2 is 1.38 bits per heavy atom. The minimum absolute atomic E-state index is 0.756. The molecule has 0 aliphatic carbocycles. The van der Waals surface area contributed by atoms with Crippen LogP contribution >= 0.6 is 0 Å². The number of aromatic nitrogens is 1. The maximum Gasteiger partial charge on any atom is 0.0771 e. The maximum atomic E-state index is 6.25. The summed E-state index contributed by atoms with van der Waals surface area (Å²) in [5.41, 5.74) is 17.2. The highest BCUT2D eigenvalue weighted by atomic mass is 15.0. The highest BCUT2D eigenvalue weighted by molar-refractivity contribution is 6.17. The number of anilines is 2. The van der Waals surface area contributed by atoms with Gasteiger partial charge in [0.05, 0.1) is 16.7 Å². The molecule has 0 atom stereocenters. The quantitative estimate of drug-likeness (QED) is 0.516. The van der Waals surface area contributed by atoms with Gasteiger partial charge >= 0.3 is 0 Å². The molecule has 1 heterocycles. The second-order valence-corrected chi connectivity index (χ2v) is 5.16. The average molecular weight is 273 g/mol. The van der Waals surface area contributed by atoms with Gasteiger partial charge in [0.15, 0.2) is 0 Å². The number of rotatable bonds is 1. The maximum absolute atomic E-state index is 6.25. The van der Waals surface area contributed by atoms with Crippen LogP contribution < -0.4 is 11.5 Å². The molecule has 1 aromatic heterocycles. The van der Waals surface area contributed by atoms with E-state index in [-0.39, 0.29) is 0 Å².